The van der Waals surface area contributed by atoms with Crippen LogP contribution >= 0.6 is 27.7 Å². The van der Waals surface area contributed by atoms with Gasteiger partial charge in [0.05, 0.1) is 11.8 Å². The molecule has 2 aromatic rings. The largest absolute Gasteiger partial charge is 0.411 e. The molecule has 0 saturated carbocycles. The molecule has 0 fully saturated rings. The summed E-state index contributed by atoms with van der Waals surface area (Å²) in [6.45, 7) is 1.44. The summed E-state index contributed by atoms with van der Waals surface area (Å²) in [6.07, 6.45) is 0. The van der Waals surface area contributed by atoms with Crippen LogP contribution in [-0.4, -0.2) is 27.4 Å². The highest BCUT2D eigenvalue weighted by molar-refractivity contribution is 9.10. The highest BCUT2D eigenvalue weighted by Gasteiger charge is 2.21. The van der Waals surface area contributed by atoms with Crippen LogP contribution in [0.3, 0.4) is 0 Å². The predicted molar refractivity (Wildman–Crippen MR) is 85.7 cm³/mol. The minimum atomic E-state index is -1.01. The fourth-order valence-corrected chi connectivity index (χ4v) is 2.70. The van der Waals surface area contributed by atoms with Gasteiger partial charge >= 0.3 is 0 Å². The first-order valence-corrected chi connectivity index (χ1v) is 7.98. The van der Waals surface area contributed by atoms with Crippen LogP contribution in [0.5, 0.6) is 0 Å². The van der Waals surface area contributed by atoms with Crippen molar-refractivity contribution in [3.05, 3.63) is 28.7 Å². The van der Waals surface area contributed by atoms with E-state index in [1.54, 1.807) is 0 Å². The molecule has 2 rings (SSSR count). The zero-order valence-corrected chi connectivity index (χ0v) is 13.9. The van der Waals surface area contributed by atoms with Crippen molar-refractivity contribution in [3.63, 3.8) is 0 Å². The number of carbonyl (C=O) groups is 1. The minimum absolute atomic E-state index is 0.00850. The molecule has 0 bridgehead atoms. The first-order valence-electron chi connectivity index (χ1n) is 6.21. The number of hydrogen-bond donors (Lipinski definition) is 1. The number of aromatic nitrogens is 2. The lowest BCUT2D eigenvalue weighted by Gasteiger charge is -2.03. The number of halogens is 1. The van der Waals surface area contributed by atoms with Gasteiger partial charge < -0.3 is 9.83 Å². The Hall–Kier alpha value is -1.98. The molecule has 22 heavy (non-hydrogen) atoms. The molecule has 6 nitrogen and oxygen atoms in total. The number of Topliss-reactive ketones (excluding diaryl/α,β-unsaturated/α-hetero) is 1. The van der Waals surface area contributed by atoms with Gasteiger partial charge in [0.25, 0.3) is 5.22 Å². The molecule has 1 unspecified atom stereocenters. The molecular weight excluding hydrogens is 368 g/mol. The third kappa shape index (κ3) is 4.02. The van der Waals surface area contributed by atoms with Gasteiger partial charge in [0.15, 0.2) is 5.78 Å². The molecule has 1 heterocycles. The summed E-state index contributed by atoms with van der Waals surface area (Å²) in [5.74, 6) is -0.993. The van der Waals surface area contributed by atoms with Gasteiger partial charge in [-0.1, -0.05) is 33.8 Å². The van der Waals surface area contributed by atoms with Crippen molar-refractivity contribution in [1.82, 2.24) is 10.2 Å². The summed E-state index contributed by atoms with van der Waals surface area (Å²) in [5, 5.41) is 24.3. The molecule has 0 aliphatic heterocycles. The number of hydrogen-bond acceptors (Lipinski definition) is 7. The van der Waals surface area contributed by atoms with Crippen molar-refractivity contribution < 1.29 is 9.21 Å². The zero-order chi connectivity index (χ0) is 16.1. The van der Waals surface area contributed by atoms with Crippen LogP contribution in [0.2, 0.25) is 0 Å². The lowest BCUT2D eigenvalue weighted by atomic mass is 10.0. The van der Waals surface area contributed by atoms with Crippen molar-refractivity contribution in [1.29, 1.82) is 10.7 Å². The number of nitriles is 1. The fourth-order valence-electron chi connectivity index (χ4n) is 1.63. The molecule has 0 aliphatic rings. The summed E-state index contributed by atoms with van der Waals surface area (Å²) in [6, 6.07) is 9.23. The van der Waals surface area contributed by atoms with Crippen molar-refractivity contribution >= 4 is 39.2 Å². The molecular formula is C14H11BrN4O2S. The van der Waals surface area contributed by atoms with Gasteiger partial charge in [-0.3, -0.25) is 4.79 Å². The number of thioether (sulfide) groups is 1. The monoisotopic (exact) mass is 378 g/mol. The number of benzene rings is 1. The van der Waals surface area contributed by atoms with Crippen LogP contribution in [-0.2, 0) is 4.79 Å². The maximum atomic E-state index is 11.8. The normalized spacial score (nSPS) is 11.7. The third-order valence-corrected chi connectivity index (χ3v) is 4.03. The van der Waals surface area contributed by atoms with E-state index in [0.717, 1.165) is 21.8 Å². The SMILES string of the molecule is CC(=N)C(C#N)C(=O)CSc1nnc(-c2cccc(Br)c2)o1. The molecule has 0 spiro atoms. The Bertz CT molecular complexity index is 753. The number of nitrogens with zero attached hydrogens (tertiary/aromatic N) is 3. The smallest absolute Gasteiger partial charge is 0.277 e. The van der Waals surface area contributed by atoms with Crippen molar-refractivity contribution in [2.24, 2.45) is 5.92 Å². The molecule has 1 aromatic carbocycles. The lowest BCUT2D eigenvalue weighted by molar-refractivity contribution is -0.117. The topological polar surface area (TPSA) is 104 Å². The Balaban J connectivity index is 2.03. The van der Waals surface area contributed by atoms with Crippen molar-refractivity contribution in [3.8, 4) is 17.5 Å². The minimum Gasteiger partial charge on any atom is -0.411 e. The molecule has 1 atom stereocenters. The van der Waals surface area contributed by atoms with Gasteiger partial charge in [-0.15, -0.1) is 10.2 Å². The van der Waals surface area contributed by atoms with E-state index in [4.69, 9.17) is 15.1 Å². The summed E-state index contributed by atoms with van der Waals surface area (Å²) >= 11 is 4.42. The van der Waals surface area contributed by atoms with E-state index in [2.05, 4.69) is 26.1 Å². The van der Waals surface area contributed by atoms with Crippen LogP contribution in [0, 0.1) is 22.7 Å². The van der Waals surface area contributed by atoms with Crippen molar-refractivity contribution in [2.75, 3.05) is 5.75 Å². The second-order valence-corrected chi connectivity index (χ2v) is 6.23. The van der Waals surface area contributed by atoms with Crippen LogP contribution < -0.4 is 0 Å². The van der Waals surface area contributed by atoms with Gasteiger partial charge in [-0.25, -0.2) is 0 Å². The van der Waals surface area contributed by atoms with Crippen molar-refractivity contribution in [2.45, 2.75) is 12.1 Å². The average molecular weight is 379 g/mol. The van der Waals surface area contributed by atoms with E-state index in [0.29, 0.717) is 5.89 Å². The molecule has 0 saturated heterocycles. The Morgan fingerprint density at radius 2 is 2.32 bits per heavy atom. The standard InChI is InChI=1S/C14H11BrN4O2S/c1-8(17)11(6-16)12(20)7-22-14-19-18-13(21-14)9-3-2-4-10(15)5-9/h2-5,11,17H,7H2,1H3. The van der Waals surface area contributed by atoms with E-state index in [-0.39, 0.29) is 22.5 Å². The molecule has 112 valence electrons. The summed E-state index contributed by atoms with van der Waals surface area (Å²) in [4.78, 5) is 11.8. The number of carbonyl (C=O) groups excluding carboxylic acids is 1. The van der Waals surface area contributed by atoms with E-state index in [1.165, 1.54) is 6.92 Å². The number of nitrogens with one attached hydrogen (secondary N) is 1. The van der Waals surface area contributed by atoms with Crippen LogP contribution in [0.4, 0.5) is 0 Å². The van der Waals surface area contributed by atoms with Gasteiger partial charge in [0.1, 0.15) is 5.92 Å². The first kappa shape index (κ1) is 16.4. The van der Waals surface area contributed by atoms with E-state index >= 15 is 0 Å². The van der Waals surface area contributed by atoms with Gasteiger partial charge in [-0.05, 0) is 25.1 Å². The lowest BCUT2D eigenvalue weighted by Crippen LogP contribution is -2.21. The molecule has 8 heteroatoms. The van der Waals surface area contributed by atoms with E-state index in [1.807, 2.05) is 30.3 Å². The molecule has 0 amide bonds. The first-order chi connectivity index (χ1) is 10.5. The Kier molecular flexibility index (Phi) is 5.46. The highest BCUT2D eigenvalue weighted by atomic mass is 79.9. The second kappa shape index (κ2) is 7.33. The fraction of sp³-hybridized carbons (Fsp3) is 0.214. The quantitative estimate of drug-likeness (QED) is 0.610. The highest BCUT2D eigenvalue weighted by Crippen LogP contribution is 2.25. The zero-order valence-electron chi connectivity index (χ0n) is 11.5. The second-order valence-electron chi connectivity index (χ2n) is 4.38. The Morgan fingerprint density at radius 1 is 1.55 bits per heavy atom. The van der Waals surface area contributed by atoms with Crippen LogP contribution in [0.25, 0.3) is 11.5 Å². The molecule has 0 radical (unpaired) electrons. The van der Waals surface area contributed by atoms with Crippen LogP contribution in [0.15, 0.2) is 38.4 Å². The summed E-state index contributed by atoms with van der Waals surface area (Å²) < 4.78 is 6.37. The van der Waals surface area contributed by atoms with Gasteiger partial charge in [-0.2, -0.15) is 5.26 Å². The maximum Gasteiger partial charge on any atom is 0.277 e. The maximum absolute atomic E-state index is 11.8. The van der Waals surface area contributed by atoms with Gasteiger partial charge in [0, 0.05) is 15.7 Å². The summed E-state index contributed by atoms with van der Waals surface area (Å²) in [5.41, 5.74) is 0.804. The number of ketones is 1. The summed E-state index contributed by atoms with van der Waals surface area (Å²) in [7, 11) is 0. The van der Waals surface area contributed by atoms with E-state index in [9.17, 15) is 4.79 Å². The molecule has 0 aliphatic carbocycles. The Labute approximate surface area is 139 Å². The average Bonchev–Trinajstić information content (AvgIpc) is 2.94. The third-order valence-electron chi connectivity index (χ3n) is 2.70. The Morgan fingerprint density at radius 3 is 2.95 bits per heavy atom. The predicted octanol–water partition coefficient (Wildman–Crippen LogP) is 3.34. The molecule has 1 N–H and O–H groups in total. The van der Waals surface area contributed by atoms with Crippen LogP contribution in [0.1, 0.15) is 6.92 Å². The van der Waals surface area contributed by atoms with Gasteiger partial charge in [0.2, 0.25) is 5.89 Å². The van der Waals surface area contributed by atoms with E-state index < -0.39 is 5.92 Å². The molecule has 1 aromatic heterocycles. The number of rotatable bonds is 6.